The van der Waals surface area contributed by atoms with E-state index in [1.165, 1.54) is 33.6 Å². The summed E-state index contributed by atoms with van der Waals surface area (Å²) in [7, 11) is 0. The molecule has 10 heteroatoms. The summed E-state index contributed by atoms with van der Waals surface area (Å²) in [5, 5.41) is 20.3. The second-order valence-corrected chi connectivity index (χ2v) is 11.8. The SMILES string of the molecule is CCCOc1ccc(C2/C(=C(\O)c3ccccc3)C(=O)C(=O)N2c2nnc(SCc3ccc(C)cc3)s2)cc1OCC. The zero-order valence-electron chi connectivity index (χ0n) is 23.6. The molecule has 1 atom stereocenters. The van der Waals surface area contributed by atoms with Crippen LogP contribution in [0.2, 0.25) is 0 Å². The standard InChI is InChI=1S/C32H31N3O5S2/c1-4-17-40-24-16-15-23(18-25(24)39-5-2)27-26(28(36)22-9-7-6-8-10-22)29(37)30(38)35(27)31-33-34-32(42-31)41-19-21-13-11-20(3)12-14-21/h6-16,18,27,36H,4-5,17,19H2,1-3H3/b28-26+. The van der Waals surface area contributed by atoms with Crippen molar-refractivity contribution in [2.24, 2.45) is 0 Å². The topological polar surface area (TPSA) is 102 Å². The number of hydrogen-bond acceptors (Lipinski definition) is 9. The molecule has 5 rings (SSSR count). The fraction of sp³-hybridized carbons (Fsp3) is 0.250. The first-order valence-corrected chi connectivity index (χ1v) is 15.5. The Bertz CT molecular complexity index is 1600. The number of thioether (sulfide) groups is 1. The highest BCUT2D eigenvalue weighted by atomic mass is 32.2. The van der Waals surface area contributed by atoms with Crippen LogP contribution in [0.25, 0.3) is 5.76 Å². The lowest BCUT2D eigenvalue weighted by Crippen LogP contribution is -2.29. The van der Waals surface area contributed by atoms with Gasteiger partial charge >= 0.3 is 5.91 Å². The number of anilines is 1. The van der Waals surface area contributed by atoms with Crippen molar-refractivity contribution >= 4 is 45.7 Å². The molecule has 4 aromatic rings. The van der Waals surface area contributed by atoms with Gasteiger partial charge in [-0.25, -0.2) is 0 Å². The van der Waals surface area contributed by atoms with Gasteiger partial charge in [0.1, 0.15) is 5.76 Å². The zero-order chi connectivity index (χ0) is 29.6. The summed E-state index contributed by atoms with van der Waals surface area (Å²) < 4.78 is 12.4. The van der Waals surface area contributed by atoms with Gasteiger partial charge in [-0.3, -0.25) is 14.5 Å². The maximum Gasteiger partial charge on any atom is 0.301 e. The van der Waals surface area contributed by atoms with Gasteiger partial charge in [0, 0.05) is 11.3 Å². The van der Waals surface area contributed by atoms with Gasteiger partial charge in [-0.1, -0.05) is 96.2 Å². The number of rotatable bonds is 11. The molecule has 1 saturated heterocycles. The monoisotopic (exact) mass is 601 g/mol. The van der Waals surface area contributed by atoms with Gasteiger partial charge in [-0.05, 0) is 43.5 Å². The number of aryl methyl sites for hydroxylation is 1. The Morgan fingerprint density at radius 2 is 1.74 bits per heavy atom. The second-order valence-electron chi connectivity index (χ2n) is 9.65. The van der Waals surface area contributed by atoms with E-state index in [1.54, 1.807) is 42.5 Å². The number of amides is 1. The number of aromatic nitrogens is 2. The Labute approximate surface area is 253 Å². The van der Waals surface area contributed by atoms with Crippen LogP contribution < -0.4 is 14.4 Å². The molecule has 1 unspecified atom stereocenters. The summed E-state index contributed by atoms with van der Waals surface area (Å²) in [5.74, 6) is -0.109. The normalized spacial score (nSPS) is 16.2. The van der Waals surface area contributed by atoms with Crippen LogP contribution in [0.4, 0.5) is 5.13 Å². The van der Waals surface area contributed by atoms with E-state index in [2.05, 4.69) is 34.5 Å². The van der Waals surface area contributed by atoms with Gasteiger partial charge in [0.15, 0.2) is 15.8 Å². The largest absolute Gasteiger partial charge is 0.507 e. The number of aliphatic hydroxyl groups is 1. The van der Waals surface area contributed by atoms with Crippen molar-refractivity contribution in [2.45, 2.75) is 43.3 Å². The quantitative estimate of drug-likeness (QED) is 0.0648. The number of benzene rings is 3. The summed E-state index contributed by atoms with van der Waals surface area (Å²) >= 11 is 2.73. The van der Waals surface area contributed by atoms with Gasteiger partial charge in [-0.2, -0.15) is 0 Å². The Morgan fingerprint density at radius 3 is 2.45 bits per heavy atom. The third kappa shape index (κ3) is 6.19. The van der Waals surface area contributed by atoms with E-state index in [0.717, 1.165) is 12.0 Å². The maximum absolute atomic E-state index is 13.6. The molecule has 1 amide bonds. The van der Waals surface area contributed by atoms with Crippen LogP contribution >= 0.6 is 23.1 Å². The van der Waals surface area contributed by atoms with E-state index >= 15 is 0 Å². The lowest BCUT2D eigenvalue weighted by molar-refractivity contribution is -0.132. The molecule has 1 aliphatic heterocycles. The summed E-state index contributed by atoms with van der Waals surface area (Å²) in [6, 6.07) is 21.3. The number of hydrogen-bond donors (Lipinski definition) is 1. The summed E-state index contributed by atoms with van der Waals surface area (Å²) in [4.78, 5) is 28.4. The molecule has 2 heterocycles. The molecule has 0 radical (unpaired) electrons. The Morgan fingerprint density at radius 1 is 0.976 bits per heavy atom. The fourth-order valence-corrected chi connectivity index (χ4v) is 6.40. The average Bonchev–Trinajstić information content (AvgIpc) is 3.58. The third-order valence-corrected chi connectivity index (χ3v) is 8.75. The predicted molar refractivity (Wildman–Crippen MR) is 165 cm³/mol. The molecule has 1 aromatic heterocycles. The molecule has 42 heavy (non-hydrogen) atoms. The molecule has 216 valence electrons. The molecule has 0 bridgehead atoms. The van der Waals surface area contributed by atoms with E-state index in [9.17, 15) is 14.7 Å². The lowest BCUT2D eigenvalue weighted by atomic mass is 9.95. The van der Waals surface area contributed by atoms with Crippen molar-refractivity contribution in [3.05, 3.63) is 101 Å². The van der Waals surface area contributed by atoms with Crippen LogP contribution in [0.5, 0.6) is 11.5 Å². The highest BCUT2D eigenvalue weighted by molar-refractivity contribution is 8.00. The zero-order valence-corrected chi connectivity index (χ0v) is 25.2. The predicted octanol–water partition coefficient (Wildman–Crippen LogP) is 6.95. The first-order valence-electron chi connectivity index (χ1n) is 13.7. The Hall–Kier alpha value is -4.15. The first kappa shape index (κ1) is 29.3. The van der Waals surface area contributed by atoms with Crippen molar-refractivity contribution in [2.75, 3.05) is 18.1 Å². The minimum Gasteiger partial charge on any atom is -0.507 e. The molecule has 8 nitrogen and oxygen atoms in total. The van der Waals surface area contributed by atoms with E-state index in [0.29, 0.717) is 45.9 Å². The molecule has 3 aromatic carbocycles. The van der Waals surface area contributed by atoms with E-state index < -0.39 is 17.7 Å². The Kier molecular flexibility index (Phi) is 9.24. The van der Waals surface area contributed by atoms with Crippen molar-refractivity contribution < 1.29 is 24.2 Å². The number of ketones is 1. The number of carbonyl (C=O) groups is 2. The molecule has 0 aliphatic carbocycles. The molecule has 0 saturated carbocycles. The lowest BCUT2D eigenvalue weighted by Gasteiger charge is -2.23. The average molecular weight is 602 g/mol. The maximum atomic E-state index is 13.6. The number of nitrogens with zero attached hydrogens (tertiary/aromatic N) is 3. The molecular formula is C32H31N3O5S2. The van der Waals surface area contributed by atoms with Crippen molar-refractivity contribution in [3.63, 3.8) is 0 Å². The summed E-state index contributed by atoms with van der Waals surface area (Å²) in [6.07, 6.45) is 0.825. The van der Waals surface area contributed by atoms with Crippen molar-refractivity contribution in [3.8, 4) is 11.5 Å². The second kappa shape index (κ2) is 13.2. The van der Waals surface area contributed by atoms with Gasteiger partial charge in [0.05, 0.1) is 24.8 Å². The number of aliphatic hydroxyl groups excluding tert-OH is 1. The van der Waals surface area contributed by atoms with Crippen LogP contribution in [-0.2, 0) is 15.3 Å². The van der Waals surface area contributed by atoms with E-state index in [1.807, 2.05) is 26.8 Å². The van der Waals surface area contributed by atoms with Crippen LogP contribution in [0.15, 0.2) is 82.7 Å². The smallest absolute Gasteiger partial charge is 0.301 e. The number of carbonyl (C=O) groups excluding carboxylic acids is 2. The van der Waals surface area contributed by atoms with Gasteiger partial charge in [0.25, 0.3) is 5.78 Å². The van der Waals surface area contributed by atoms with Gasteiger partial charge in [0.2, 0.25) is 5.13 Å². The molecule has 1 N–H and O–H groups in total. The number of Topliss-reactive ketones (excluding diaryl/α,β-unsaturated/α-hetero) is 1. The van der Waals surface area contributed by atoms with Crippen molar-refractivity contribution in [1.82, 2.24) is 10.2 Å². The first-order chi connectivity index (χ1) is 20.4. The third-order valence-electron chi connectivity index (χ3n) is 6.62. The van der Waals surface area contributed by atoms with Gasteiger partial charge in [-0.15, -0.1) is 10.2 Å². The highest BCUT2D eigenvalue weighted by Crippen LogP contribution is 2.45. The molecule has 1 fully saturated rings. The van der Waals surface area contributed by atoms with E-state index in [-0.39, 0.29) is 16.5 Å². The highest BCUT2D eigenvalue weighted by Gasteiger charge is 2.48. The molecular weight excluding hydrogens is 571 g/mol. The van der Waals surface area contributed by atoms with Crippen molar-refractivity contribution in [1.29, 1.82) is 0 Å². The summed E-state index contributed by atoms with van der Waals surface area (Å²) in [6.45, 7) is 6.84. The van der Waals surface area contributed by atoms with Crippen LogP contribution in [0, 0.1) is 6.92 Å². The van der Waals surface area contributed by atoms with Crippen LogP contribution in [-0.4, -0.2) is 40.2 Å². The number of ether oxygens (including phenoxy) is 2. The minimum absolute atomic E-state index is 0.0278. The minimum atomic E-state index is -0.951. The Balaban J connectivity index is 1.56. The van der Waals surface area contributed by atoms with Crippen LogP contribution in [0.3, 0.4) is 0 Å². The molecule has 0 spiro atoms. The van der Waals surface area contributed by atoms with Crippen LogP contribution in [0.1, 0.15) is 48.6 Å². The van der Waals surface area contributed by atoms with E-state index in [4.69, 9.17) is 9.47 Å². The van der Waals surface area contributed by atoms with Gasteiger partial charge < -0.3 is 14.6 Å². The fourth-order valence-electron chi connectivity index (χ4n) is 4.58. The molecule has 1 aliphatic rings. The summed E-state index contributed by atoms with van der Waals surface area (Å²) in [5.41, 5.74) is 3.30.